The molecule has 0 amide bonds. The van der Waals surface area contributed by atoms with E-state index in [1.54, 1.807) is 0 Å². The highest BCUT2D eigenvalue weighted by Gasteiger charge is 2.16. The summed E-state index contributed by atoms with van der Waals surface area (Å²) in [4.78, 5) is 36.2. The highest BCUT2D eigenvalue weighted by Crippen LogP contribution is 2.12. The van der Waals surface area contributed by atoms with E-state index in [1.807, 2.05) is 0 Å². The molecule has 0 saturated heterocycles. The maximum absolute atomic E-state index is 11.0. The minimum atomic E-state index is -0.991. The number of hydrogen-bond donors (Lipinski definition) is 3. The van der Waals surface area contributed by atoms with Crippen molar-refractivity contribution in [2.75, 3.05) is 12.8 Å². The van der Waals surface area contributed by atoms with Crippen LogP contribution in [0.5, 0.6) is 0 Å². The lowest BCUT2D eigenvalue weighted by atomic mass is 10.3. The molecule has 0 aromatic carbocycles. The second-order valence-electron chi connectivity index (χ2n) is 3.19. The molecule has 1 aromatic rings. The van der Waals surface area contributed by atoms with E-state index in [2.05, 4.69) is 15.4 Å². The van der Waals surface area contributed by atoms with E-state index in [-0.39, 0.29) is 10.9 Å². The van der Waals surface area contributed by atoms with E-state index >= 15 is 0 Å². The topological polar surface area (TPSA) is 117 Å². The van der Waals surface area contributed by atoms with Gasteiger partial charge < -0.3 is 10.4 Å². The number of aromatic amines is 1. The molecule has 0 spiro atoms. The van der Waals surface area contributed by atoms with Crippen molar-refractivity contribution in [3.63, 3.8) is 0 Å². The van der Waals surface area contributed by atoms with Gasteiger partial charge in [-0.15, -0.1) is 0 Å². The molecule has 0 aliphatic rings. The van der Waals surface area contributed by atoms with E-state index in [9.17, 15) is 14.4 Å². The molecule has 94 valence electrons. The lowest BCUT2D eigenvalue weighted by Crippen LogP contribution is -2.37. The summed E-state index contributed by atoms with van der Waals surface area (Å²) in [7, 11) is 3.05. The molecule has 0 aliphatic carbocycles. The first-order valence-corrected chi connectivity index (χ1v) is 5.64. The zero-order chi connectivity index (χ0) is 13.0. The first kappa shape index (κ1) is 13.5. The van der Waals surface area contributed by atoms with Gasteiger partial charge in [-0.2, -0.15) is 4.98 Å². The highest BCUT2D eigenvalue weighted by molar-refractivity contribution is 7.99. The molecule has 0 saturated carbocycles. The van der Waals surface area contributed by atoms with Crippen molar-refractivity contribution in [3.8, 4) is 0 Å². The molecular weight excluding hydrogens is 248 g/mol. The van der Waals surface area contributed by atoms with Crippen LogP contribution in [0.15, 0.2) is 14.7 Å². The number of carbonyl (C=O) groups is 1. The Morgan fingerprint density at radius 2 is 2.29 bits per heavy atom. The summed E-state index contributed by atoms with van der Waals surface area (Å²) in [5, 5.41) is 13.9. The van der Waals surface area contributed by atoms with Crippen LogP contribution in [0.2, 0.25) is 0 Å². The summed E-state index contributed by atoms with van der Waals surface area (Å²) in [5.74, 6) is -0.799. The molecule has 1 aromatic heterocycles. The van der Waals surface area contributed by atoms with Crippen molar-refractivity contribution in [1.29, 1.82) is 0 Å². The number of rotatable bonds is 5. The molecule has 1 atom stereocenters. The Morgan fingerprint density at radius 1 is 1.65 bits per heavy atom. The fraction of sp³-hybridized carbons (Fsp3) is 0.500. The lowest BCUT2D eigenvalue weighted by molar-refractivity contribution is -0.138. The number of nitrogens with one attached hydrogen (secondary N) is 2. The van der Waals surface area contributed by atoms with Gasteiger partial charge in [-0.05, 0) is 7.05 Å². The van der Waals surface area contributed by atoms with Crippen LogP contribution in [0.25, 0.3) is 0 Å². The summed E-state index contributed by atoms with van der Waals surface area (Å²) in [5.41, 5.74) is -1.69. The summed E-state index contributed by atoms with van der Waals surface area (Å²) < 4.78 is 1.28. The minimum Gasteiger partial charge on any atom is -0.480 e. The molecule has 9 heteroatoms. The monoisotopic (exact) mass is 260 g/mol. The normalized spacial score (nSPS) is 12.4. The standard InChI is InChI=1S/C8H12N4O4S/c1-9-4(7(15)16)3-17-8-10-5(13)6(14)11-12(8)2/h4,9H,3H2,1-2H3,(H,11,14)(H,15,16). The molecule has 0 aliphatic heterocycles. The number of thioether (sulfide) groups is 1. The fourth-order valence-electron chi connectivity index (χ4n) is 1.03. The zero-order valence-electron chi connectivity index (χ0n) is 9.26. The largest absolute Gasteiger partial charge is 0.480 e. The Morgan fingerprint density at radius 3 is 2.82 bits per heavy atom. The van der Waals surface area contributed by atoms with Gasteiger partial charge >= 0.3 is 17.1 Å². The molecule has 1 unspecified atom stereocenters. The number of carboxylic acid groups (broad SMARTS) is 1. The number of aliphatic carboxylic acids is 1. The maximum Gasteiger partial charge on any atom is 0.339 e. The van der Waals surface area contributed by atoms with Crippen LogP contribution in [0, 0.1) is 0 Å². The van der Waals surface area contributed by atoms with E-state index in [1.165, 1.54) is 18.8 Å². The quantitative estimate of drug-likeness (QED) is 0.424. The van der Waals surface area contributed by atoms with Crippen LogP contribution in [0.3, 0.4) is 0 Å². The number of H-pyrrole nitrogens is 1. The van der Waals surface area contributed by atoms with Gasteiger partial charge in [-0.3, -0.25) is 24.2 Å². The number of aryl methyl sites for hydroxylation is 1. The lowest BCUT2D eigenvalue weighted by Gasteiger charge is -2.11. The van der Waals surface area contributed by atoms with Crippen molar-refractivity contribution in [1.82, 2.24) is 20.1 Å². The van der Waals surface area contributed by atoms with Gasteiger partial charge in [-0.25, -0.2) is 0 Å². The molecular formula is C8H12N4O4S. The minimum absolute atomic E-state index is 0.193. The SMILES string of the molecule is CNC(CSc1nc(=O)c(=O)[nH]n1C)C(=O)O. The Labute approximate surface area is 100 Å². The van der Waals surface area contributed by atoms with Gasteiger partial charge in [0, 0.05) is 12.8 Å². The predicted molar refractivity (Wildman–Crippen MR) is 61.3 cm³/mol. The van der Waals surface area contributed by atoms with Crippen molar-refractivity contribution < 1.29 is 9.90 Å². The predicted octanol–water partition coefficient (Wildman–Crippen LogP) is -1.77. The first-order chi connectivity index (χ1) is 7.95. The number of carboxylic acids is 1. The second-order valence-corrected chi connectivity index (χ2v) is 4.18. The number of nitrogens with zero attached hydrogens (tertiary/aromatic N) is 2. The maximum atomic E-state index is 11.0. The van der Waals surface area contributed by atoms with Crippen LogP contribution in [0.4, 0.5) is 0 Å². The molecule has 1 heterocycles. The summed E-state index contributed by atoms with van der Waals surface area (Å²) in [6.45, 7) is 0. The van der Waals surface area contributed by atoms with Gasteiger partial charge in [0.1, 0.15) is 6.04 Å². The molecule has 8 nitrogen and oxygen atoms in total. The van der Waals surface area contributed by atoms with Crippen LogP contribution in [0.1, 0.15) is 0 Å². The number of hydrogen-bond acceptors (Lipinski definition) is 6. The van der Waals surface area contributed by atoms with Gasteiger partial charge in [0.15, 0.2) is 5.16 Å². The first-order valence-electron chi connectivity index (χ1n) is 4.66. The van der Waals surface area contributed by atoms with Crippen LogP contribution >= 0.6 is 11.8 Å². The third-order valence-corrected chi connectivity index (χ3v) is 3.10. The Balaban J connectivity index is 2.83. The van der Waals surface area contributed by atoms with Crippen molar-refractivity contribution in [2.24, 2.45) is 7.05 Å². The molecule has 3 N–H and O–H groups in total. The Kier molecular flexibility index (Phi) is 4.46. The number of aromatic nitrogens is 3. The Hall–Kier alpha value is -1.61. The summed E-state index contributed by atoms with van der Waals surface area (Å²) in [6, 6.07) is -0.746. The second kappa shape index (κ2) is 5.64. The third-order valence-electron chi connectivity index (χ3n) is 1.97. The van der Waals surface area contributed by atoms with E-state index in [4.69, 9.17) is 5.11 Å². The zero-order valence-corrected chi connectivity index (χ0v) is 10.1. The van der Waals surface area contributed by atoms with E-state index in [0.29, 0.717) is 0 Å². The average Bonchev–Trinajstić information content (AvgIpc) is 2.25. The van der Waals surface area contributed by atoms with Crippen LogP contribution in [-0.4, -0.2) is 44.7 Å². The van der Waals surface area contributed by atoms with Gasteiger partial charge in [0.2, 0.25) is 0 Å². The smallest absolute Gasteiger partial charge is 0.339 e. The van der Waals surface area contributed by atoms with Crippen LogP contribution in [-0.2, 0) is 11.8 Å². The molecule has 0 radical (unpaired) electrons. The van der Waals surface area contributed by atoms with E-state index < -0.39 is 23.1 Å². The number of likely N-dealkylation sites (N-methyl/N-ethyl adjacent to an activating group) is 1. The van der Waals surface area contributed by atoms with Crippen molar-refractivity contribution in [2.45, 2.75) is 11.2 Å². The summed E-state index contributed by atoms with van der Waals surface area (Å²) >= 11 is 1.07. The molecule has 0 fully saturated rings. The van der Waals surface area contributed by atoms with Crippen molar-refractivity contribution >= 4 is 17.7 Å². The average molecular weight is 260 g/mol. The Bertz CT molecular complexity index is 523. The van der Waals surface area contributed by atoms with Gasteiger partial charge in [0.05, 0.1) is 0 Å². The third kappa shape index (κ3) is 3.43. The fourth-order valence-corrected chi connectivity index (χ4v) is 2.04. The van der Waals surface area contributed by atoms with Gasteiger partial charge in [0.25, 0.3) is 0 Å². The molecule has 17 heavy (non-hydrogen) atoms. The highest BCUT2D eigenvalue weighted by atomic mass is 32.2. The van der Waals surface area contributed by atoms with E-state index in [0.717, 1.165) is 11.8 Å². The van der Waals surface area contributed by atoms with Crippen LogP contribution < -0.4 is 16.4 Å². The van der Waals surface area contributed by atoms with Crippen molar-refractivity contribution in [3.05, 3.63) is 20.7 Å². The summed E-state index contributed by atoms with van der Waals surface area (Å²) in [6.07, 6.45) is 0. The molecule has 1 rings (SSSR count). The van der Waals surface area contributed by atoms with Gasteiger partial charge in [-0.1, -0.05) is 11.8 Å². The molecule has 0 bridgehead atoms.